The predicted octanol–water partition coefficient (Wildman–Crippen LogP) is 3.41. The molecule has 2 aromatic rings. The summed E-state index contributed by atoms with van der Waals surface area (Å²) >= 11 is 0. The molecular formula is C20H24FNO3S. The van der Waals surface area contributed by atoms with E-state index in [1.807, 2.05) is 18.2 Å². The lowest BCUT2D eigenvalue weighted by atomic mass is 9.81. The molecule has 6 heteroatoms. The van der Waals surface area contributed by atoms with Gasteiger partial charge < -0.3 is 0 Å². The van der Waals surface area contributed by atoms with Crippen LogP contribution in [-0.4, -0.2) is 39.3 Å². The smallest absolute Gasteiger partial charge is 0.264 e. The zero-order chi connectivity index (χ0) is 18.6. The molecule has 140 valence electrons. The molecule has 1 fully saturated rings. The van der Waals surface area contributed by atoms with E-state index in [0.29, 0.717) is 0 Å². The van der Waals surface area contributed by atoms with Gasteiger partial charge in [-0.2, -0.15) is 8.42 Å². The average Bonchev–Trinajstić information content (AvgIpc) is 2.61. The molecular weight excluding hydrogens is 353 g/mol. The van der Waals surface area contributed by atoms with Crippen molar-refractivity contribution in [2.45, 2.75) is 18.9 Å². The minimum Gasteiger partial charge on any atom is -0.299 e. The van der Waals surface area contributed by atoms with Gasteiger partial charge in [0.05, 0.1) is 12.9 Å². The molecule has 1 saturated heterocycles. The predicted molar refractivity (Wildman–Crippen MR) is 99.8 cm³/mol. The van der Waals surface area contributed by atoms with Crippen LogP contribution in [0.15, 0.2) is 54.6 Å². The van der Waals surface area contributed by atoms with E-state index in [1.54, 1.807) is 12.1 Å². The van der Waals surface area contributed by atoms with Crippen molar-refractivity contribution < 1.29 is 17.0 Å². The minimum absolute atomic E-state index is 0.0349. The molecule has 3 rings (SSSR count). The van der Waals surface area contributed by atoms with Crippen LogP contribution in [0.2, 0.25) is 0 Å². The third kappa shape index (κ3) is 5.37. The summed E-state index contributed by atoms with van der Waals surface area (Å²) in [5.74, 6) is -0.0729. The molecule has 0 saturated carbocycles. The second-order valence-electron chi connectivity index (χ2n) is 6.92. The van der Waals surface area contributed by atoms with E-state index < -0.39 is 10.1 Å². The summed E-state index contributed by atoms with van der Waals surface area (Å²) in [5, 5.41) is 0. The molecule has 0 unspecified atom stereocenters. The first-order valence-corrected chi connectivity index (χ1v) is 10.6. The first kappa shape index (κ1) is 19.0. The van der Waals surface area contributed by atoms with Crippen molar-refractivity contribution >= 4 is 10.1 Å². The van der Waals surface area contributed by atoms with Crippen molar-refractivity contribution in [3.63, 3.8) is 0 Å². The molecule has 0 N–H and O–H groups in total. The van der Waals surface area contributed by atoms with Gasteiger partial charge in [0.25, 0.3) is 10.1 Å². The molecule has 1 heterocycles. The average molecular weight is 377 g/mol. The summed E-state index contributed by atoms with van der Waals surface area (Å²) < 4.78 is 41.3. The van der Waals surface area contributed by atoms with E-state index in [0.717, 1.165) is 37.9 Å². The maximum absolute atomic E-state index is 13.2. The summed E-state index contributed by atoms with van der Waals surface area (Å²) in [7, 11) is -3.49. The number of halogens is 1. The summed E-state index contributed by atoms with van der Waals surface area (Å²) in [6, 6.07) is 16.7. The van der Waals surface area contributed by atoms with Crippen molar-refractivity contribution in [1.29, 1.82) is 0 Å². The zero-order valence-electron chi connectivity index (χ0n) is 14.8. The van der Waals surface area contributed by atoms with Gasteiger partial charge in [0.15, 0.2) is 0 Å². The maximum atomic E-state index is 13.2. The molecule has 4 nitrogen and oxygen atoms in total. The fraction of sp³-hybridized carbons (Fsp3) is 0.400. The third-order valence-electron chi connectivity index (χ3n) is 4.86. The Balaban J connectivity index is 1.74. The summed E-state index contributed by atoms with van der Waals surface area (Å²) in [4.78, 5) is 2.33. The van der Waals surface area contributed by atoms with Crippen LogP contribution < -0.4 is 0 Å². The fourth-order valence-corrected chi connectivity index (χ4v) is 4.04. The number of hydrogen-bond acceptors (Lipinski definition) is 4. The molecule has 0 aromatic heterocycles. The molecule has 2 atom stereocenters. The molecule has 1 aliphatic rings. The summed E-state index contributed by atoms with van der Waals surface area (Å²) in [6.07, 6.45) is 1.96. The quantitative estimate of drug-likeness (QED) is 0.724. The number of hydrogen-bond donors (Lipinski definition) is 0. The van der Waals surface area contributed by atoms with Crippen LogP contribution in [0.1, 0.15) is 23.5 Å². The van der Waals surface area contributed by atoms with Crippen LogP contribution in [0.25, 0.3) is 0 Å². The van der Waals surface area contributed by atoms with E-state index in [2.05, 4.69) is 17.0 Å². The van der Waals surface area contributed by atoms with E-state index >= 15 is 0 Å². The second kappa shape index (κ2) is 8.29. The molecule has 1 aliphatic heterocycles. The normalized spacial score (nSPS) is 21.6. The topological polar surface area (TPSA) is 46.6 Å². The van der Waals surface area contributed by atoms with Crippen LogP contribution in [0, 0.1) is 11.7 Å². The van der Waals surface area contributed by atoms with Crippen molar-refractivity contribution in [2.75, 3.05) is 26.0 Å². The minimum atomic E-state index is -3.49. The Morgan fingerprint density at radius 1 is 1.12 bits per heavy atom. The van der Waals surface area contributed by atoms with E-state index in [9.17, 15) is 12.8 Å². The SMILES string of the molecule is CS(=O)(=O)OC[C@@H]1CN(Cc2ccccc2)CC[C@H]1c1ccc(F)cc1. The summed E-state index contributed by atoms with van der Waals surface area (Å²) in [5.41, 5.74) is 2.27. The number of rotatable bonds is 6. The van der Waals surface area contributed by atoms with Crippen molar-refractivity contribution in [1.82, 2.24) is 4.90 Å². The van der Waals surface area contributed by atoms with Gasteiger partial charge in [-0.1, -0.05) is 42.5 Å². The van der Waals surface area contributed by atoms with Gasteiger partial charge in [-0.3, -0.25) is 9.08 Å². The second-order valence-corrected chi connectivity index (χ2v) is 8.56. The van der Waals surface area contributed by atoms with Crippen LogP contribution in [0.3, 0.4) is 0 Å². The number of likely N-dealkylation sites (tertiary alicyclic amines) is 1. The third-order valence-corrected chi connectivity index (χ3v) is 5.43. The Bertz CT molecular complexity index is 809. The van der Waals surface area contributed by atoms with Crippen LogP contribution >= 0.6 is 0 Å². The Hall–Kier alpha value is -1.76. The highest BCUT2D eigenvalue weighted by molar-refractivity contribution is 7.85. The van der Waals surface area contributed by atoms with Crippen LogP contribution in [0.4, 0.5) is 4.39 Å². The van der Waals surface area contributed by atoms with Gasteiger partial charge in [-0.15, -0.1) is 0 Å². The molecule has 0 radical (unpaired) electrons. The van der Waals surface area contributed by atoms with Crippen molar-refractivity contribution in [2.24, 2.45) is 5.92 Å². The van der Waals surface area contributed by atoms with Crippen molar-refractivity contribution in [3.05, 3.63) is 71.5 Å². The highest BCUT2D eigenvalue weighted by Gasteiger charge is 2.31. The zero-order valence-corrected chi connectivity index (χ0v) is 15.7. The lowest BCUT2D eigenvalue weighted by Crippen LogP contribution is -2.41. The van der Waals surface area contributed by atoms with E-state index in [4.69, 9.17) is 4.18 Å². The Morgan fingerprint density at radius 3 is 2.46 bits per heavy atom. The maximum Gasteiger partial charge on any atom is 0.264 e. The number of benzene rings is 2. The van der Waals surface area contributed by atoms with Gasteiger partial charge in [0.1, 0.15) is 5.82 Å². The van der Waals surface area contributed by atoms with Gasteiger partial charge in [-0.05, 0) is 42.1 Å². The highest BCUT2D eigenvalue weighted by Crippen LogP contribution is 2.34. The number of piperidine rings is 1. The number of nitrogens with zero attached hydrogens (tertiary/aromatic N) is 1. The van der Waals surface area contributed by atoms with E-state index in [-0.39, 0.29) is 24.3 Å². The molecule has 0 aliphatic carbocycles. The Kier molecular flexibility index (Phi) is 6.06. The lowest BCUT2D eigenvalue weighted by molar-refractivity contribution is 0.109. The summed E-state index contributed by atoms with van der Waals surface area (Å²) in [6.45, 7) is 2.62. The van der Waals surface area contributed by atoms with Crippen LogP contribution in [0.5, 0.6) is 0 Å². The van der Waals surface area contributed by atoms with Crippen LogP contribution in [-0.2, 0) is 20.8 Å². The van der Waals surface area contributed by atoms with Gasteiger partial charge >= 0.3 is 0 Å². The molecule has 0 spiro atoms. The molecule has 0 amide bonds. The van der Waals surface area contributed by atoms with E-state index in [1.165, 1.54) is 17.7 Å². The lowest BCUT2D eigenvalue weighted by Gasteiger charge is -2.38. The standard InChI is InChI=1S/C20H24FNO3S/c1-26(23,24)25-15-18-14-22(13-16-5-3-2-4-6-16)12-11-20(18)17-7-9-19(21)10-8-17/h2-10,18,20H,11-15H2,1H3/t18-,20-/m0/s1. The highest BCUT2D eigenvalue weighted by atomic mass is 32.2. The van der Waals surface area contributed by atoms with Gasteiger partial charge in [-0.25, -0.2) is 4.39 Å². The Labute approximate surface area is 154 Å². The molecule has 26 heavy (non-hydrogen) atoms. The Morgan fingerprint density at radius 2 is 1.81 bits per heavy atom. The largest absolute Gasteiger partial charge is 0.299 e. The first-order chi connectivity index (χ1) is 12.4. The monoisotopic (exact) mass is 377 g/mol. The van der Waals surface area contributed by atoms with Gasteiger partial charge in [0.2, 0.25) is 0 Å². The molecule has 2 aromatic carbocycles. The fourth-order valence-electron chi connectivity index (χ4n) is 3.62. The first-order valence-electron chi connectivity index (χ1n) is 8.77. The van der Waals surface area contributed by atoms with Crippen molar-refractivity contribution in [3.8, 4) is 0 Å². The van der Waals surface area contributed by atoms with Gasteiger partial charge in [0, 0.05) is 19.0 Å². The molecule has 0 bridgehead atoms.